The van der Waals surface area contributed by atoms with Crippen molar-refractivity contribution in [2.75, 3.05) is 19.0 Å². The summed E-state index contributed by atoms with van der Waals surface area (Å²) in [6, 6.07) is 0.410. The average Bonchev–Trinajstić information content (AvgIpc) is 3.04. The Labute approximate surface area is 172 Å². The minimum Gasteiger partial charge on any atom is -0.462 e. The number of anilines is 1. The molecular weight excluding hydrogens is 372 g/mol. The van der Waals surface area contributed by atoms with E-state index in [9.17, 15) is 9.59 Å². The molecule has 1 unspecified atom stereocenters. The fourth-order valence-electron chi connectivity index (χ4n) is 4.60. The van der Waals surface area contributed by atoms with Crippen molar-refractivity contribution in [2.45, 2.75) is 84.2 Å². The van der Waals surface area contributed by atoms with Crippen molar-refractivity contribution in [3.05, 3.63) is 16.0 Å². The highest BCUT2D eigenvalue weighted by Gasteiger charge is 2.33. The first-order valence-corrected chi connectivity index (χ1v) is 11.7. The van der Waals surface area contributed by atoms with Crippen LogP contribution in [0.1, 0.15) is 80.1 Å². The third-order valence-corrected chi connectivity index (χ3v) is 7.72. The lowest BCUT2D eigenvalue weighted by Crippen LogP contribution is -3.17. The zero-order valence-corrected chi connectivity index (χ0v) is 18.5. The Bertz CT molecular complexity index is 709. The number of carbonyl (C=O) groups is 2. The summed E-state index contributed by atoms with van der Waals surface area (Å²) in [5.74, 6) is 0.316. The quantitative estimate of drug-likeness (QED) is 0.712. The number of esters is 1. The molecule has 1 aromatic heterocycles. The van der Waals surface area contributed by atoms with Gasteiger partial charge in [0, 0.05) is 4.88 Å². The first kappa shape index (κ1) is 21.3. The molecule has 0 radical (unpaired) electrons. The van der Waals surface area contributed by atoms with Crippen LogP contribution in [0.5, 0.6) is 0 Å². The standard InChI is InChI=1S/C22H34N2O3S/c1-5-27-22(26)19-17-12-11-14(2)13-18(17)28-21(19)23-20(25)15(3)24(4)16-9-7-6-8-10-16/h14-16H,5-13H2,1-4H3,(H,23,25)/p+1/t14-,15+/m1/s1. The molecule has 156 valence electrons. The summed E-state index contributed by atoms with van der Waals surface area (Å²) in [5, 5.41) is 3.79. The zero-order chi connectivity index (χ0) is 20.3. The van der Waals surface area contributed by atoms with Crippen LogP contribution in [-0.2, 0) is 22.4 Å². The summed E-state index contributed by atoms with van der Waals surface area (Å²) in [5.41, 5.74) is 1.70. The van der Waals surface area contributed by atoms with E-state index in [1.165, 1.54) is 41.9 Å². The minimum absolute atomic E-state index is 0.000248. The second kappa shape index (κ2) is 9.40. The predicted molar refractivity (Wildman–Crippen MR) is 113 cm³/mol. The maximum absolute atomic E-state index is 13.0. The van der Waals surface area contributed by atoms with Crippen LogP contribution < -0.4 is 10.2 Å². The third-order valence-electron chi connectivity index (χ3n) is 6.55. The Balaban J connectivity index is 1.78. The predicted octanol–water partition coefficient (Wildman–Crippen LogP) is 3.22. The minimum atomic E-state index is -0.300. The molecule has 3 atom stereocenters. The van der Waals surface area contributed by atoms with Crippen molar-refractivity contribution in [1.29, 1.82) is 0 Å². The number of thiophene rings is 1. The molecule has 0 spiro atoms. The van der Waals surface area contributed by atoms with Gasteiger partial charge in [0.25, 0.3) is 5.91 Å². The van der Waals surface area contributed by atoms with Crippen LogP contribution in [0.25, 0.3) is 0 Å². The molecule has 1 heterocycles. The molecule has 2 N–H and O–H groups in total. The normalized spacial score (nSPS) is 22.2. The van der Waals surface area contributed by atoms with E-state index in [1.807, 2.05) is 13.8 Å². The van der Waals surface area contributed by atoms with Gasteiger partial charge in [-0.1, -0.05) is 13.3 Å². The molecule has 1 aromatic rings. The fourth-order valence-corrected chi connectivity index (χ4v) is 6.00. The molecule has 1 amide bonds. The molecule has 6 heteroatoms. The van der Waals surface area contributed by atoms with Crippen LogP contribution in [0.4, 0.5) is 5.00 Å². The van der Waals surface area contributed by atoms with Crippen molar-refractivity contribution in [2.24, 2.45) is 5.92 Å². The van der Waals surface area contributed by atoms with E-state index in [2.05, 4.69) is 19.3 Å². The number of amides is 1. The number of hydrogen-bond acceptors (Lipinski definition) is 4. The molecule has 0 aromatic carbocycles. The number of hydrogen-bond donors (Lipinski definition) is 2. The zero-order valence-electron chi connectivity index (χ0n) is 17.7. The summed E-state index contributed by atoms with van der Waals surface area (Å²) in [6.45, 7) is 6.41. The van der Waals surface area contributed by atoms with Crippen LogP contribution in [0.15, 0.2) is 0 Å². The van der Waals surface area contributed by atoms with Gasteiger partial charge in [-0.15, -0.1) is 11.3 Å². The van der Waals surface area contributed by atoms with E-state index in [-0.39, 0.29) is 17.9 Å². The lowest BCUT2D eigenvalue weighted by atomic mass is 9.88. The molecule has 2 aliphatic carbocycles. The Morgan fingerprint density at radius 1 is 1.25 bits per heavy atom. The van der Waals surface area contributed by atoms with Crippen molar-refractivity contribution in [3.8, 4) is 0 Å². The highest BCUT2D eigenvalue weighted by Crippen LogP contribution is 2.40. The van der Waals surface area contributed by atoms with E-state index in [0.717, 1.165) is 24.8 Å². The van der Waals surface area contributed by atoms with Crippen molar-refractivity contribution in [1.82, 2.24) is 0 Å². The Hall–Kier alpha value is -1.40. The maximum atomic E-state index is 13.0. The number of ether oxygens (including phenoxy) is 1. The maximum Gasteiger partial charge on any atom is 0.341 e. The first-order valence-electron chi connectivity index (χ1n) is 10.9. The summed E-state index contributed by atoms with van der Waals surface area (Å²) in [6.07, 6.45) is 9.18. The van der Waals surface area contributed by atoms with Gasteiger partial charge in [-0.2, -0.15) is 0 Å². The highest BCUT2D eigenvalue weighted by molar-refractivity contribution is 7.17. The topological polar surface area (TPSA) is 59.8 Å². The van der Waals surface area contributed by atoms with E-state index in [0.29, 0.717) is 29.1 Å². The van der Waals surface area contributed by atoms with Gasteiger partial charge < -0.3 is 15.0 Å². The summed E-state index contributed by atoms with van der Waals surface area (Å²) in [4.78, 5) is 28.2. The van der Waals surface area contributed by atoms with Gasteiger partial charge in [0.15, 0.2) is 6.04 Å². The monoisotopic (exact) mass is 407 g/mol. The summed E-state index contributed by atoms with van der Waals surface area (Å²) >= 11 is 1.57. The fraction of sp³-hybridized carbons (Fsp3) is 0.727. The molecule has 1 saturated carbocycles. The van der Waals surface area contributed by atoms with Crippen LogP contribution >= 0.6 is 11.3 Å². The molecule has 0 bridgehead atoms. The Kier molecular flexibility index (Phi) is 7.15. The van der Waals surface area contributed by atoms with Crippen LogP contribution in [0.3, 0.4) is 0 Å². The summed E-state index contributed by atoms with van der Waals surface area (Å²) < 4.78 is 5.32. The van der Waals surface area contributed by atoms with Gasteiger partial charge in [-0.3, -0.25) is 4.79 Å². The van der Waals surface area contributed by atoms with Gasteiger partial charge in [0.1, 0.15) is 5.00 Å². The van der Waals surface area contributed by atoms with E-state index >= 15 is 0 Å². The largest absolute Gasteiger partial charge is 0.462 e. The number of fused-ring (bicyclic) bond motifs is 1. The van der Waals surface area contributed by atoms with Crippen LogP contribution in [-0.4, -0.2) is 37.6 Å². The summed E-state index contributed by atoms with van der Waals surface area (Å²) in [7, 11) is 2.13. The molecule has 0 aliphatic heterocycles. The second-order valence-corrected chi connectivity index (χ2v) is 9.67. The van der Waals surface area contributed by atoms with Gasteiger partial charge >= 0.3 is 5.97 Å². The number of carbonyl (C=O) groups excluding carboxylic acids is 2. The Morgan fingerprint density at radius 2 is 1.96 bits per heavy atom. The lowest BCUT2D eigenvalue weighted by Gasteiger charge is -2.31. The third kappa shape index (κ3) is 4.60. The van der Waals surface area contributed by atoms with Gasteiger partial charge in [0.2, 0.25) is 0 Å². The molecule has 5 nitrogen and oxygen atoms in total. The number of nitrogens with one attached hydrogen (secondary N) is 2. The molecule has 1 fully saturated rings. The number of likely N-dealkylation sites (N-methyl/N-ethyl adjacent to an activating group) is 1. The van der Waals surface area contributed by atoms with Crippen molar-refractivity contribution in [3.63, 3.8) is 0 Å². The average molecular weight is 408 g/mol. The number of rotatable bonds is 6. The molecular formula is C22H35N2O3S+. The van der Waals surface area contributed by atoms with Gasteiger partial charge in [-0.05, 0) is 70.3 Å². The Morgan fingerprint density at radius 3 is 2.64 bits per heavy atom. The first-order chi connectivity index (χ1) is 13.4. The molecule has 0 saturated heterocycles. The second-order valence-electron chi connectivity index (χ2n) is 8.57. The van der Waals surface area contributed by atoms with Gasteiger partial charge in [0.05, 0.1) is 25.3 Å². The molecule has 28 heavy (non-hydrogen) atoms. The van der Waals surface area contributed by atoms with E-state index < -0.39 is 0 Å². The van der Waals surface area contributed by atoms with Crippen LogP contribution in [0, 0.1) is 5.92 Å². The highest BCUT2D eigenvalue weighted by atomic mass is 32.1. The smallest absolute Gasteiger partial charge is 0.341 e. The van der Waals surface area contributed by atoms with Crippen LogP contribution in [0.2, 0.25) is 0 Å². The SMILES string of the molecule is CCOC(=O)c1c(NC(=O)[C@H](C)[NH+](C)C2CCCCC2)sc2c1CC[C@@H](C)C2. The number of quaternary nitrogens is 1. The lowest BCUT2D eigenvalue weighted by molar-refractivity contribution is -0.921. The van der Waals surface area contributed by atoms with E-state index in [4.69, 9.17) is 4.74 Å². The molecule has 2 aliphatic rings. The van der Waals surface area contributed by atoms with E-state index in [1.54, 1.807) is 11.3 Å². The van der Waals surface area contributed by atoms with Crippen molar-refractivity contribution < 1.29 is 19.2 Å². The van der Waals surface area contributed by atoms with Gasteiger partial charge in [-0.25, -0.2) is 4.79 Å². The van der Waals surface area contributed by atoms with Crippen molar-refractivity contribution >= 4 is 28.2 Å². The molecule has 3 rings (SSSR count).